The molecule has 178 valence electrons. The molecule has 0 saturated carbocycles. The molecule has 0 N–H and O–H groups in total. The number of carbonyl (C=O) groups excluding carboxylic acids is 1. The minimum atomic E-state index is -3.93. The molecule has 4 rings (SSSR count). The number of piperidine rings is 1. The number of carbonyl (C=O) groups is 1. The van der Waals surface area contributed by atoms with E-state index in [9.17, 15) is 17.6 Å². The van der Waals surface area contributed by atoms with Crippen molar-refractivity contribution in [2.24, 2.45) is 5.92 Å². The zero-order valence-electron chi connectivity index (χ0n) is 18.9. The summed E-state index contributed by atoms with van der Waals surface area (Å²) < 4.78 is 52.0. The summed E-state index contributed by atoms with van der Waals surface area (Å²) in [5, 5.41) is 0. The Morgan fingerprint density at radius 1 is 1.00 bits per heavy atom. The van der Waals surface area contributed by atoms with Crippen molar-refractivity contribution in [2.75, 3.05) is 33.9 Å². The smallest absolute Gasteiger partial charge is 0.245 e. The molecule has 1 atom stereocenters. The molecule has 0 spiro atoms. The van der Waals surface area contributed by atoms with Gasteiger partial charge in [-0.1, -0.05) is 12.1 Å². The Morgan fingerprint density at radius 3 is 2.39 bits per heavy atom. The molecule has 2 aliphatic rings. The first-order chi connectivity index (χ1) is 15.9. The van der Waals surface area contributed by atoms with Gasteiger partial charge in [-0.25, -0.2) is 12.8 Å². The van der Waals surface area contributed by atoms with E-state index in [2.05, 4.69) is 0 Å². The van der Waals surface area contributed by atoms with Crippen LogP contribution in [0.15, 0.2) is 47.4 Å². The first-order valence-corrected chi connectivity index (χ1v) is 12.6. The van der Waals surface area contributed by atoms with Crippen molar-refractivity contribution < 1.29 is 27.1 Å². The summed E-state index contributed by atoms with van der Waals surface area (Å²) in [6.07, 6.45) is 2.53. The summed E-state index contributed by atoms with van der Waals surface area (Å²) in [4.78, 5) is 15.0. The van der Waals surface area contributed by atoms with Crippen LogP contribution < -0.4 is 9.47 Å². The van der Waals surface area contributed by atoms with Crippen LogP contribution in [0.5, 0.6) is 11.5 Å². The second-order valence-corrected chi connectivity index (χ2v) is 10.3. The van der Waals surface area contributed by atoms with E-state index < -0.39 is 15.8 Å². The molecule has 9 heteroatoms. The Kier molecular flexibility index (Phi) is 6.90. The van der Waals surface area contributed by atoms with Crippen molar-refractivity contribution in [3.8, 4) is 11.5 Å². The molecule has 2 fully saturated rings. The molecule has 33 heavy (non-hydrogen) atoms. The number of methoxy groups -OCH3 is 2. The fourth-order valence-corrected chi connectivity index (χ4v) is 6.36. The van der Waals surface area contributed by atoms with Gasteiger partial charge in [-0.3, -0.25) is 4.79 Å². The topological polar surface area (TPSA) is 76.2 Å². The van der Waals surface area contributed by atoms with E-state index in [4.69, 9.17) is 9.47 Å². The number of nitrogens with zero attached hydrogens (tertiary/aromatic N) is 2. The van der Waals surface area contributed by atoms with Crippen LogP contribution >= 0.6 is 0 Å². The SMILES string of the molecule is COc1ccc(OC)c(C2CCCN2C(=O)C2CCN(S(=O)(=O)c3ccccc3F)CC2)c1. The van der Waals surface area contributed by atoms with Gasteiger partial charge in [-0.15, -0.1) is 0 Å². The van der Waals surface area contributed by atoms with Crippen LogP contribution in [0.25, 0.3) is 0 Å². The highest BCUT2D eigenvalue weighted by atomic mass is 32.2. The van der Waals surface area contributed by atoms with Crippen molar-refractivity contribution in [1.29, 1.82) is 0 Å². The van der Waals surface area contributed by atoms with E-state index in [1.807, 2.05) is 23.1 Å². The maximum atomic E-state index is 14.1. The van der Waals surface area contributed by atoms with Gasteiger partial charge < -0.3 is 14.4 Å². The van der Waals surface area contributed by atoms with E-state index in [1.54, 1.807) is 14.2 Å². The van der Waals surface area contributed by atoms with Crippen LogP contribution in [0.4, 0.5) is 4.39 Å². The van der Waals surface area contributed by atoms with E-state index in [0.717, 1.165) is 24.5 Å². The summed E-state index contributed by atoms with van der Waals surface area (Å²) in [7, 11) is -0.716. The van der Waals surface area contributed by atoms with Crippen LogP contribution in [0.1, 0.15) is 37.3 Å². The summed E-state index contributed by atoms with van der Waals surface area (Å²) in [5.74, 6) is 0.422. The van der Waals surface area contributed by atoms with Gasteiger partial charge in [0.25, 0.3) is 0 Å². The van der Waals surface area contributed by atoms with Crippen molar-refractivity contribution in [1.82, 2.24) is 9.21 Å². The van der Waals surface area contributed by atoms with Gasteiger partial charge in [0.05, 0.1) is 20.3 Å². The van der Waals surface area contributed by atoms with Gasteiger partial charge in [-0.2, -0.15) is 4.31 Å². The van der Waals surface area contributed by atoms with Gasteiger partial charge in [0.2, 0.25) is 15.9 Å². The lowest BCUT2D eigenvalue weighted by Crippen LogP contribution is -2.44. The van der Waals surface area contributed by atoms with Crippen LogP contribution in [-0.2, 0) is 14.8 Å². The molecule has 2 aromatic carbocycles. The third kappa shape index (κ3) is 4.56. The number of likely N-dealkylation sites (tertiary alicyclic amines) is 1. The number of ether oxygens (including phenoxy) is 2. The fraction of sp³-hybridized carbons (Fsp3) is 0.458. The minimum Gasteiger partial charge on any atom is -0.497 e. The predicted octanol–water partition coefficient (Wildman–Crippen LogP) is 3.61. The van der Waals surface area contributed by atoms with E-state index in [0.29, 0.717) is 30.9 Å². The predicted molar refractivity (Wildman–Crippen MR) is 121 cm³/mol. The number of hydrogen-bond acceptors (Lipinski definition) is 5. The molecule has 0 aliphatic carbocycles. The minimum absolute atomic E-state index is 0.0327. The molecule has 7 nitrogen and oxygen atoms in total. The van der Waals surface area contributed by atoms with Crippen LogP contribution in [0, 0.1) is 11.7 Å². The van der Waals surface area contributed by atoms with Gasteiger partial charge in [0.1, 0.15) is 22.2 Å². The molecule has 2 saturated heterocycles. The Balaban J connectivity index is 1.47. The number of rotatable bonds is 6. The summed E-state index contributed by atoms with van der Waals surface area (Å²) in [6, 6.07) is 10.9. The zero-order valence-corrected chi connectivity index (χ0v) is 19.7. The number of sulfonamides is 1. The lowest BCUT2D eigenvalue weighted by molar-refractivity contribution is -0.137. The molecule has 1 unspecified atom stereocenters. The number of hydrogen-bond donors (Lipinski definition) is 0. The summed E-state index contributed by atoms with van der Waals surface area (Å²) in [5.41, 5.74) is 0.919. The van der Waals surface area contributed by atoms with Gasteiger partial charge >= 0.3 is 0 Å². The summed E-state index contributed by atoms with van der Waals surface area (Å²) >= 11 is 0. The van der Waals surface area contributed by atoms with Gasteiger partial charge in [0.15, 0.2) is 0 Å². The molecule has 0 aromatic heterocycles. The van der Waals surface area contributed by atoms with Crippen molar-refractivity contribution in [3.63, 3.8) is 0 Å². The Labute approximate surface area is 194 Å². The Hall–Kier alpha value is -2.65. The lowest BCUT2D eigenvalue weighted by Gasteiger charge is -2.34. The quantitative estimate of drug-likeness (QED) is 0.637. The van der Waals surface area contributed by atoms with Crippen molar-refractivity contribution >= 4 is 15.9 Å². The van der Waals surface area contributed by atoms with Crippen molar-refractivity contribution in [3.05, 3.63) is 53.8 Å². The second-order valence-electron chi connectivity index (χ2n) is 8.41. The number of halogens is 1. The highest BCUT2D eigenvalue weighted by molar-refractivity contribution is 7.89. The highest BCUT2D eigenvalue weighted by Gasteiger charge is 2.39. The summed E-state index contributed by atoms with van der Waals surface area (Å²) in [6.45, 7) is 1.03. The van der Waals surface area contributed by atoms with Crippen LogP contribution in [-0.4, -0.2) is 57.4 Å². The average Bonchev–Trinajstić information content (AvgIpc) is 3.33. The standard InChI is InChI=1S/C24H29FN2O5S/c1-31-18-9-10-22(32-2)19(16-18)21-7-5-13-27(21)24(28)17-11-14-26(15-12-17)33(29,30)23-8-4-3-6-20(23)25/h3-4,6,8-10,16-17,21H,5,7,11-15H2,1-2H3. The van der Waals surface area contributed by atoms with Gasteiger partial charge in [0, 0.05) is 31.1 Å². The lowest BCUT2D eigenvalue weighted by atomic mass is 9.95. The molecule has 2 aromatic rings. The third-order valence-electron chi connectivity index (χ3n) is 6.59. The molecule has 1 amide bonds. The van der Waals surface area contributed by atoms with Gasteiger partial charge in [-0.05, 0) is 56.0 Å². The first-order valence-electron chi connectivity index (χ1n) is 11.1. The third-order valence-corrected chi connectivity index (χ3v) is 8.52. The number of benzene rings is 2. The van der Waals surface area contributed by atoms with Crippen LogP contribution in [0.3, 0.4) is 0 Å². The number of amides is 1. The Morgan fingerprint density at radius 2 is 1.73 bits per heavy atom. The second kappa shape index (κ2) is 9.69. The fourth-order valence-electron chi connectivity index (χ4n) is 4.82. The maximum absolute atomic E-state index is 14.1. The normalized spacial score (nSPS) is 20.1. The molecule has 0 bridgehead atoms. The Bertz CT molecular complexity index is 1120. The van der Waals surface area contributed by atoms with E-state index >= 15 is 0 Å². The monoisotopic (exact) mass is 476 g/mol. The largest absolute Gasteiger partial charge is 0.497 e. The van der Waals surface area contributed by atoms with Crippen molar-refractivity contribution in [2.45, 2.75) is 36.6 Å². The first kappa shape index (κ1) is 23.5. The maximum Gasteiger partial charge on any atom is 0.245 e. The highest BCUT2D eigenvalue weighted by Crippen LogP contribution is 2.40. The van der Waals surface area contributed by atoms with E-state index in [1.165, 1.54) is 22.5 Å². The van der Waals surface area contributed by atoms with Crippen LogP contribution in [0.2, 0.25) is 0 Å². The molecule has 0 radical (unpaired) electrons. The average molecular weight is 477 g/mol. The zero-order chi connectivity index (χ0) is 23.6. The molecule has 2 heterocycles. The molecular weight excluding hydrogens is 447 g/mol. The molecular formula is C24H29FN2O5S. The molecule has 2 aliphatic heterocycles. The van der Waals surface area contributed by atoms with E-state index in [-0.39, 0.29) is 35.9 Å².